The largest absolute Gasteiger partial charge is 0.383 e. The fourth-order valence-corrected chi connectivity index (χ4v) is 3.91. The predicted molar refractivity (Wildman–Crippen MR) is 104 cm³/mol. The number of halogens is 1. The molecule has 7 heteroatoms. The van der Waals surface area contributed by atoms with E-state index in [0.29, 0.717) is 29.5 Å². The molecule has 5 nitrogen and oxygen atoms in total. The van der Waals surface area contributed by atoms with Crippen LogP contribution in [0, 0.1) is 11.3 Å². The highest BCUT2D eigenvalue weighted by Gasteiger charge is 2.13. The maximum absolute atomic E-state index is 9.01. The van der Waals surface area contributed by atoms with Crippen LogP contribution >= 0.6 is 22.9 Å². The number of aromatic nitrogens is 3. The van der Waals surface area contributed by atoms with Crippen LogP contribution in [0.5, 0.6) is 0 Å². The molecule has 1 aromatic carbocycles. The molecule has 4 aromatic rings. The van der Waals surface area contributed by atoms with Gasteiger partial charge in [0.15, 0.2) is 5.82 Å². The zero-order chi connectivity index (χ0) is 18.1. The zero-order valence-corrected chi connectivity index (χ0v) is 15.1. The van der Waals surface area contributed by atoms with Gasteiger partial charge in [-0.15, -0.1) is 11.3 Å². The molecule has 3 heterocycles. The summed E-state index contributed by atoms with van der Waals surface area (Å²) in [6, 6.07) is 16.9. The van der Waals surface area contributed by atoms with Crippen molar-refractivity contribution in [2.75, 3.05) is 5.73 Å². The van der Waals surface area contributed by atoms with E-state index in [-0.39, 0.29) is 0 Å². The monoisotopic (exact) mass is 377 g/mol. The van der Waals surface area contributed by atoms with Gasteiger partial charge in [-0.05, 0) is 29.8 Å². The van der Waals surface area contributed by atoms with Crippen molar-refractivity contribution in [1.29, 1.82) is 5.26 Å². The van der Waals surface area contributed by atoms with E-state index in [0.717, 1.165) is 25.7 Å². The average Bonchev–Trinajstić information content (AvgIpc) is 3.07. The first-order chi connectivity index (χ1) is 12.6. The number of anilines is 1. The number of hydrogen-bond donors (Lipinski definition) is 1. The summed E-state index contributed by atoms with van der Waals surface area (Å²) < 4.78 is 0. The van der Waals surface area contributed by atoms with Gasteiger partial charge in [0, 0.05) is 16.3 Å². The van der Waals surface area contributed by atoms with Crippen LogP contribution < -0.4 is 5.73 Å². The molecule has 126 valence electrons. The number of nitrogens with two attached hydrogens (primary N) is 1. The van der Waals surface area contributed by atoms with Crippen molar-refractivity contribution in [2.45, 2.75) is 6.42 Å². The summed E-state index contributed by atoms with van der Waals surface area (Å²) in [5, 5.41) is 10.6. The molecule has 0 aliphatic rings. The van der Waals surface area contributed by atoms with Crippen molar-refractivity contribution >= 4 is 39.0 Å². The number of rotatable bonds is 3. The molecule has 0 radical (unpaired) electrons. The normalized spacial score (nSPS) is 10.8. The number of hydrogen-bond acceptors (Lipinski definition) is 6. The van der Waals surface area contributed by atoms with Gasteiger partial charge in [-0.1, -0.05) is 35.9 Å². The highest BCUT2D eigenvalue weighted by Crippen LogP contribution is 2.32. The summed E-state index contributed by atoms with van der Waals surface area (Å²) in [4.78, 5) is 15.1. The van der Waals surface area contributed by atoms with E-state index in [4.69, 9.17) is 22.6 Å². The summed E-state index contributed by atoms with van der Waals surface area (Å²) >= 11 is 7.81. The van der Waals surface area contributed by atoms with Crippen LogP contribution in [0.4, 0.5) is 5.82 Å². The molecule has 2 N–H and O–H groups in total. The maximum Gasteiger partial charge on any atom is 0.181 e. The highest BCUT2D eigenvalue weighted by atomic mass is 35.5. The lowest BCUT2D eigenvalue weighted by atomic mass is 10.1. The van der Waals surface area contributed by atoms with Gasteiger partial charge in [0.05, 0.1) is 5.39 Å². The zero-order valence-electron chi connectivity index (χ0n) is 13.5. The first-order valence-corrected chi connectivity index (χ1v) is 9.00. The second kappa shape index (κ2) is 6.71. The minimum absolute atomic E-state index is 0.315. The molecule has 0 bridgehead atoms. The van der Waals surface area contributed by atoms with E-state index in [2.05, 4.69) is 15.0 Å². The van der Waals surface area contributed by atoms with Gasteiger partial charge in [-0.25, -0.2) is 15.0 Å². The number of fused-ring (bicyclic) bond motifs is 1. The molecule has 3 aromatic heterocycles. The Morgan fingerprint density at radius 2 is 1.92 bits per heavy atom. The Morgan fingerprint density at radius 1 is 1.08 bits per heavy atom. The van der Waals surface area contributed by atoms with Crippen LogP contribution in [-0.4, -0.2) is 15.0 Å². The molecule has 0 amide bonds. The van der Waals surface area contributed by atoms with Crippen molar-refractivity contribution < 1.29 is 0 Å². The maximum atomic E-state index is 9.01. The van der Waals surface area contributed by atoms with Crippen LogP contribution in [0.15, 0.2) is 48.5 Å². The average molecular weight is 378 g/mol. The molecule has 4 rings (SSSR count). The Kier molecular flexibility index (Phi) is 4.25. The second-order valence-electron chi connectivity index (χ2n) is 5.65. The van der Waals surface area contributed by atoms with Gasteiger partial charge in [0.1, 0.15) is 28.1 Å². The number of pyridine rings is 1. The molecule has 0 unspecified atom stereocenters. The third-order valence-electron chi connectivity index (χ3n) is 3.89. The Balaban J connectivity index is 1.76. The van der Waals surface area contributed by atoms with E-state index >= 15 is 0 Å². The van der Waals surface area contributed by atoms with Crippen molar-refractivity contribution in [3.05, 3.63) is 69.7 Å². The summed E-state index contributed by atoms with van der Waals surface area (Å²) in [7, 11) is 0. The smallest absolute Gasteiger partial charge is 0.181 e. The lowest BCUT2D eigenvalue weighted by Gasteiger charge is -2.01. The fraction of sp³-hybridized carbons (Fsp3) is 0.0526. The standard InChI is InChI=1S/C19H12ClN5S/c20-15-6-2-1-4-11(15)8-13-9-14-17(22)24-18(25-19(14)26-13)16-7-3-5-12(10-21)23-16/h1-7,9H,8H2,(H2,22,24,25). The number of nitriles is 1. The molecular formula is C19H12ClN5S. The summed E-state index contributed by atoms with van der Waals surface area (Å²) in [6.07, 6.45) is 0.706. The Bertz CT molecular complexity index is 1160. The van der Waals surface area contributed by atoms with E-state index < -0.39 is 0 Å². The molecule has 0 aliphatic heterocycles. The third-order valence-corrected chi connectivity index (χ3v) is 5.29. The van der Waals surface area contributed by atoms with Crippen LogP contribution in [0.2, 0.25) is 5.02 Å². The van der Waals surface area contributed by atoms with Crippen molar-refractivity contribution in [1.82, 2.24) is 15.0 Å². The molecular weight excluding hydrogens is 366 g/mol. The van der Waals surface area contributed by atoms with Crippen LogP contribution in [0.3, 0.4) is 0 Å². The first-order valence-electron chi connectivity index (χ1n) is 7.81. The molecule has 0 atom stereocenters. The van der Waals surface area contributed by atoms with Gasteiger partial charge in [0.2, 0.25) is 0 Å². The number of nitrogens with zero attached hydrogens (tertiary/aromatic N) is 4. The molecule has 0 saturated carbocycles. The van der Waals surface area contributed by atoms with Gasteiger partial charge >= 0.3 is 0 Å². The Hall–Kier alpha value is -3.01. The summed E-state index contributed by atoms with van der Waals surface area (Å²) in [5.41, 5.74) is 8.03. The van der Waals surface area contributed by atoms with Gasteiger partial charge in [0.25, 0.3) is 0 Å². The van der Waals surface area contributed by atoms with E-state index in [9.17, 15) is 0 Å². The van der Waals surface area contributed by atoms with Gasteiger partial charge in [-0.3, -0.25) is 0 Å². The van der Waals surface area contributed by atoms with E-state index in [1.807, 2.05) is 36.4 Å². The predicted octanol–water partition coefficient (Wildman–Crippen LogP) is 4.45. The molecule has 0 spiro atoms. The fourth-order valence-electron chi connectivity index (χ4n) is 2.65. The molecule has 26 heavy (non-hydrogen) atoms. The van der Waals surface area contributed by atoms with Gasteiger partial charge in [-0.2, -0.15) is 5.26 Å². The topological polar surface area (TPSA) is 88.5 Å². The summed E-state index contributed by atoms with van der Waals surface area (Å²) in [6.45, 7) is 0. The SMILES string of the molecule is N#Cc1cccc(-c2nc(N)c3cc(Cc4ccccc4Cl)sc3n2)n1. The minimum Gasteiger partial charge on any atom is -0.383 e. The molecule has 0 aliphatic carbocycles. The quantitative estimate of drug-likeness (QED) is 0.569. The Labute approximate surface area is 158 Å². The second-order valence-corrected chi connectivity index (χ2v) is 7.17. The lowest BCUT2D eigenvalue weighted by Crippen LogP contribution is -1.98. The minimum atomic E-state index is 0.315. The lowest BCUT2D eigenvalue weighted by molar-refractivity contribution is 1.17. The molecule has 0 saturated heterocycles. The van der Waals surface area contributed by atoms with Crippen LogP contribution in [0.25, 0.3) is 21.7 Å². The highest BCUT2D eigenvalue weighted by molar-refractivity contribution is 7.18. The van der Waals surface area contributed by atoms with Crippen molar-refractivity contribution in [3.63, 3.8) is 0 Å². The van der Waals surface area contributed by atoms with Crippen molar-refractivity contribution in [3.8, 4) is 17.6 Å². The third kappa shape index (κ3) is 3.10. The summed E-state index contributed by atoms with van der Waals surface area (Å²) in [5.74, 6) is 0.814. The first kappa shape index (κ1) is 16.5. The van der Waals surface area contributed by atoms with E-state index in [1.165, 1.54) is 0 Å². The van der Waals surface area contributed by atoms with E-state index in [1.54, 1.807) is 29.5 Å². The number of nitrogen functional groups attached to an aromatic ring is 1. The number of benzene rings is 1. The van der Waals surface area contributed by atoms with Crippen molar-refractivity contribution in [2.24, 2.45) is 0 Å². The molecule has 0 fully saturated rings. The Morgan fingerprint density at radius 3 is 2.73 bits per heavy atom. The van der Waals surface area contributed by atoms with Crippen LogP contribution in [-0.2, 0) is 6.42 Å². The van der Waals surface area contributed by atoms with Gasteiger partial charge < -0.3 is 5.73 Å². The number of thiophene rings is 1. The van der Waals surface area contributed by atoms with Crippen LogP contribution in [0.1, 0.15) is 16.1 Å².